The molecule has 2 aromatic rings. The summed E-state index contributed by atoms with van der Waals surface area (Å²) >= 11 is 0. The third-order valence-corrected chi connectivity index (χ3v) is 3.25. The molecule has 0 fully saturated rings. The van der Waals surface area contributed by atoms with Gasteiger partial charge >= 0.3 is 6.18 Å². The molecule has 1 aromatic carbocycles. The zero-order chi connectivity index (χ0) is 18.4. The van der Waals surface area contributed by atoms with Crippen LogP contribution in [-0.2, 0) is 11.3 Å². The average Bonchev–Trinajstić information content (AvgIpc) is 3.06. The quantitative estimate of drug-likeness (QED) is 0.798. The van der Waals surface area contributed by atoms with Gasteiger partial charge in [0.2, 0.25) is 0 Å². The zero-order valence-corrected chi connectivity index (χ0v) is 13.3. The van der Waals surface area contributed by atoms with Gasteiger partial charge in [-0.05, 0) is 43.3 Å². The second-order valence-electron chi connectivity index (χ2n) is 5.29. The number of halogens is 3. The summed E-state index contributed by atoms with van der Waals surface area (Å²) in [5, 5.41) is 8.73. The van der Waals surface area contributed by atoms with Gasteiger partial charge in [0, 0.05) is 0 Å². The fourth-order valence-electron chi connectivity index (χ4n) is 2.14. The normalized spacial score (nSPS) is 12.3. The first-order valence-corrected chi connectivity index (χ1v) is 7.33. The molecule has 0 spiro atoms. The van der Waals surface area contributed by atoms with E-state index in [0.717, 1.165) is 0 Å². The largest absolute Gasteiger partial charge is 0.481 e. The number of nitriles is 1. The Morgan fingerprint density at radius 3 is 2.52 bits per heavy atom. The number of carbonyl (C=O) groups excluding carboxylic acids is 1. The number of alkyl halides is 3. The molecule has 2 rings (SSSR count). The van der Waals surface area contributed by atoms with Crippen molar-refractivity contribution in [2.24, 2.45) is 0 Å². The maximum Gasteiger partial charge on any atom is 0.406 e. The number of rotatable bonds is 6. The summed E-state index contributed by atoms with van der Waals surface area (Å²) < 4.78 is 48.7. The standard InChI is InChI=1S/C17H15F3N2O3/c1-12(25-14-6-4-13(9-21)5-7-14)16(23)22(11-17(18,19)20)10-15-3-2-8-24-15/h2-8,12H,10-11H2,1H3/t12-/m1/s1. The highest BCUT2D eigenvalue weighted by molar-refractivity contribution is 5.81. The number of nitrogens with zero attached hydrogens (tertiary/aromatic N) is 2. The second kappa shape index (κ2) is 7.75. The molecule has 1 amide bonds. The van der Waals surface area contributed by atoms with Gasteiger partial charge in [0.15, 0.2) is 6.10 Å². The summed E-state index contributed by atoms with van der Waals surface area (Å²) in [6.45, 7) is -0.355. The predicted octanol–water partition coefficient (Wildman–Crippen LogP) is 3.51. The van der Waals surface area contributed by atoms with Crippen molar-refractivity contribution in [3.63, 3.8) is 0 Å². The monoisotopic (exact) mass is 352 g/mol. The van der Waals surface area contributed by atoms with Crippen LogP contribution in [0.25, 0.3) is 0 Å². The van der Waals surface area contributed by atoms with Crippen LogP contribution in [-0.4, -0.2) is 29.6 Å². The lowest BCUT2D eigenvalue weighted by Crippen LogP contribution is -2.44. The Kier molecular flexibility index (Phi) is 5.70. The van der Waals surface area contributed by atoms with Gasteiger partial charge in [0.05, 0.1) is 24.4 Å². The Labute approximate surface area is 142 Å². The summed E-state index contributed by atoms with van der Waals surface area (Å²) in [6, 6.07) is 10.9. The van der Waals surface area contributed by atoms with E-state index in [-0.39, 0.29) is 18.1 Å². The minimum absolute atomic E-state index is 0.239. The van der Waals surface area contributed by atoms with Crippen LogP contribution in [0.4, 0.5) is 13.2 Å². The molecule has 1 atom stereocenters. The van der Waals surface area contributed by atoms with E-state index < -0.39 is 24.7 Å². The van der Waals surface area contributed by atoms with E-state index in [1.807, 2.05) is 6.07 Å². The smallest absolute Gasteiger partial charge is 0.406 e. The third kappa shape index (κ3) is 5.57. The summed E-state index contributed by atoms with van der Waals surface area (Å²) in [5.74, 6) is -0.300. The predicted molar refractivity (Wildman–Crippen MR) is 81.4 cm³/mol. The highest BCUT2D eigenvalue weighted by Gasteiger charge is 2.35. The fourth-order valence-corrected chi connectivity index (χ4v) is 2.14. The SMILES string of the molecule is C[C@@H](Oc1ccc(C#N)cc1)C(=O)N(Cc1ccco1)CC(F)(F)F. The van der Waals surface area contributed by atoms with Crippen molar-refractivity contribution < 1.29 is 27.1 Å². The van der Waals surface area contributed by atoms with Crippen molar-refractivity contribution in [1.82, 2.24) is 4.90 Å². The van der Waals surface area contributed by atoms with E-state index in [4.69, 9.17) is 14.4 Å². The van der Waals surface area contributed by atoms with Gasteiger partial charge < -0.3 is 14.1 Å². The van der Waals surface area contributed by atoms with Crippen LogP contribution in [0.5, 0.6) is 5.75 Å². The van der Waals surface area contributed by atoms with Crippen LogP contribution in [0.15, 0.2) is 47.1 Å². The van der Waals surface area contributed by atoms with Crippen LogP contribution in [0.3, 0.4) is 0 Å². The first-order chi connectivity index (χ1) is 11.8. The van der Waals surface area contributed by atoms with Crippen LogP contribution >= 0.6 is 0 Å². The highest BCUT2D eigenvalue weighted by atomic mass is 19.4. The molecule has 0 saturated heterocycles. The number of carbonyl (C=O) groups is 1. The first kappa shape index (κ1) is 18.4. The van der Waals surface area contributed by atoms with Gasteiger partial charge in [0.1, 0.15) is 18.1 Å². The van der Waals surface area contributed by atoms with Crippen LogP contribution < -0.4 is 4.74 Å². The molecule has 0 saturated carbocycles. The van der Waals surface area contributed by atoms with E-state index in [1.165, 1.54) is 49.6 Å². The molecule has 5 nitrogen and oxygen atoms in total. The van der Waals surface area contributed by atoms with Crippen molar-refractivity contribution in [1.29, 1.82) is 5.26 Å². The number of hydrogen-bond donors (Lipinski definition) is 0. The maximum absolute atomic E-state index is 12.8. The van der Waals surface area contributed by atoms with Gasteiger partial charge in [-0.1, -0.05) is 0 Å². The van der Waals surface area contributed by atoms with Crippen molar-refractivity contribution in [3.05, 3.63) is 54.0 Å². The van der Waals surface area contributed by atoms with Crippen LogP contribution in [0, 0.1) is 11.3 Å². The van der Waals surface area contributed by atoms with Gasteiger partial charge in [0.25, 0.3) is 5.91 Å². The molecule has 0 unspecified atom stereocenters. The van der Waals surface area contributed by atoms with Crippen molar-refractivity contribution in [2.75, 3.05) is 6.54 Å². The molecule has 0 N–H and O–H groups in total. The molecule has 0 radical (unpaired) electrons. The summed E-state index contributed by atoms with van der Waals surface area (Å²) in [7, 11) is 0. The van der Waals surface area contributed by atoms with E-state index in [9.17, 15) is 18.0 Å². The summed E-state index contributed by atoms with van der Waals surface area (Å²) in [5.41, 5.74) is 0.405. The Balaban J connectivity index is 2.09. The molecule has 0 aliphatic rings. The lowest BCUT2D eigenvalue weighted by molar-refractivity contribution is -0.166. The summed E-state index contributed by atoms with van der Waals surface area (Å²) in [4.78, 5) is 13.0. The number of benzene rings is 1. The molecule has 0 aliphatic heterocycles. The Morgan fingerprint density at radius 1 is 1.32 bits per heavy atom. The second-order valence-corrected chi connectivity index (χ2v) is 5.29. The molecule has 8 heteroatoms. The van der Waals surface area contributed by atoms with E-state index >= 15 is 0 Å². The number of hydrogen-bond acceptors (Lipinski definition) is 4. The molecule has 0 aliphatic carbocycles. The molecular weight excluding hydrogens is 337 g/mol. The minimum Gasteiger partial charge on any atom is -0.481 e. The molecule has 1 aromatic heterocycles. The third-order valence-electron chi connectivity index (χ3n) is 3.25. The lowest BCUT2D eigenvalue weighted by Gasteiger charge is -2.26. The average molecular weight is 352 g/mol. The van der Waals surface area contributed by atoms with Crippen LogP contribution in [0.2, 0.25) is 0 Å². The summed E-state index contributed by atoms with van der Waals surface area (Å²) in [6.07, 6.45) is -4.36. The molecule has 132 valence electrons. The minimum atomic E-state index is -4.55. The van der Waals surface area contributed by atoms with Crippen molar-refractivity contribution in [3.8, 4) is 11.8 Å². The van der Waals surface area contributed by atoms with E-state index in [2.05, 4.69) is 0 Å². The Hall–Kier alpha value is -2.95. The van der Waals surface area contributed by atoms with E-state index in [0.29, 0.717) is 10.5 Å². The Bertz CT molecular complexity index is 734. The lowest BCUT2D eigenvalue weighted by atomic mass is 10.2. The molecular formula is C17H15F3N2O3. The van der Waals surface area contributed by atoms with Crippen molar-refractivity contribution in [2.45, 2.75) is 25.7 Å². The fraction of sp³-hybridized carbons (Fsp3) is 0.294. The van der Waals surface area contributed by atoms with Gasteiger partial charge in [-0.2, -0.15) is 18.4 Å². The maximum atomic E-state index is 12.8. The molecule has 1 heterocycles. The first-order valence-electron chi connectivity index (χ1n) is 7.33. The van der Waals surface area contributed by atoms with Gasteiger partial charge in [-0.25, -0.2) is 0 Å². The number of amides is 1. The Morgan fingerprint density at radius 2 is 2.00 bits per heavy atom. The van der Waals surface area contributed by atoms with Crippen LogP contribution in [0.1, 0.15) is 18.2 Å². The molecule has 25 heavy (non-hydrogen) atoms. The topological polar surface area (TPSA) is 66.5 Å². The van der Waals surface area contributed by atoms with Gasteiger partial charge in [-0.3, -0.25) is 4.79 Å². The number of ether oxygens (including phenoxy) is 1. The number of furan rings is 1. The van der Waals surface area contributed by atoms with Gasteiger partial charge in [-0.15, -0.1) is 0 Å². The zero-order valence-electron chi connectivity index (χ0n) is 13.3. The molecule has 0 bridgehead atoms. The van der Waals surface area contributed by atoms with E-state index in [1.54, 1.807) is 0 Å². The van der Waals surface area contributed by atoms with Crippen molar-refractivity contribution >= 4 is 5.91 Å². The highest BCUT2D eigenvalue weighted by Crippen LogP contribution is 2.20.